The Bertz CT molecular complexity index is 1200. The van der Waals surface area contributed by atoms with Crippen molar-refractivity contribution in [1.29, 1.82) is 0 Å². The first kappa shape index (κ1) is 24.1. The summed E-state index contributed by atoms with van der Waals surface area (Å²) < 4.78 is 9.51. The molecule has 0 bridgehead atoms. The monoisotopic (exact) mass is 462 g/mol. The van der Waals surface area contributed by atoms with Crippen molar-refractivity contribution in [2.75, 3.05) is 14.2 Å². The van der Waals surface area contributed by atoms with Crippen LogP contribution in [-0.4, -0.2) is 58.4 Å². The van der Waals surface area contributed by atoms with Crippen LogP contribution in [0.25, 0.3) is 5.53 Å². The summed E-state index contributed by atoms with van der Waals surface area (Å²) in [6.45, 7) is 1.60. The molecular weight excluding hydrogens is 440 g/mol. The molecule has 0 N–H and O–H groups in total. The average molecular weight is 462 g/mol. The summed E-state index contributed by atoms with van der Waals surface area (Å²) >= 11 is 0. The van der Waals surface area contributed by atoms with Gasteiger partial charge in [0, 0.05) is 5.70 Å². The number of imide groups is 1. The van der Waals surface area contributed by atoms with Gasteiger partial charge in [-0.15, -0.1) is 0 Å². The maximum absolute atomic E-state index is 13.7. The normalized spacial score (nSPS) is 15.5. The average Bonchev–Trinajstić information content (AvgIpc) is 2.87. The number of carbonyl (C=O) groups excluding carboxylic acids is 4. The number of urea groups is 1. The Morgan fingerprint density at radius 1 is 0.971 bits per heavy atom. The zero-order chi connectivity index (χ0) is 24.8. The van der Waals surface area contributed by atoms with Crippen molar-refractivity contribution < 1.29 is 33.4 Å². The standard InChI is InChI=1S/C24H22N4O6/c1-15-18(22(30)33-2)20(17-12-8-5-9-13-17)28(21(29)19(26-25)23(31)34-3)24(32)27(15)14-16-10-6-4-7-11-16/h4-13,20H,14H2,1-3H3/t20-/m0/s1. The van der Waals surface area contributed by atoms with E-state index in [1.165, 1.54) is 12.0 Å². The highest BCUT2D eigenvalue weighted by Crippen LogP contribution is 2.38. The van der Waals surface area contributed by atoms with E-state index in [0.717, 1.165) is 12.7 Å². The van der Waals surface area contributed by atoms with Gasteiger partial charge in [0.1, 0.15) is 6.04 Å². The zero-order valence-electron chi connectivity index (χ0n) is 18.8. The highest BCUT2D eigenvalue weighted by molar-refractivity contribution is 6.62. The van der Waals surface area contributed by atoms with Crippen LogP contribution in [0.5, 0.6) is 0 Å². The van der Waals surface area contributed by atoms with Crippen LogP contribution in [0.15, 0.2) is 71.9 Å². The van der Waals surface area contributed by atoms with Gasteiger partial charge in [0.05, 0.1) is 26.3 Å². The lowest BCUT2D eigenvalue weighted by Gasteiger charge is -2.40. The van der Waals surface area contributed by atoms with Crippen molar-refractivity contribution in [3.8, 4) is 0 Å². The first-order chi connectivity index (χ1) is 16.3. The number of benzene rings is 2. The Hall–Kier alpha value is -4.56. The quantitative estimate of drug-likeness (QED) is 0.213. The number of carbonyl (C=O) groups is 4. The second-order valence-corrected chi connectivity index (χ2v) is 7.27. The van der Waals surface area contributed by atoms with Crippen molar-refractivity contribution >= 4 is 29.6 Å². The van der Waals surface area contributed by atoms with E-state index in [9.17, 15) is 24.7 Å². The van der Waals surface area contributed by atoms with E-state index in [0.29, 0.717) is 10.5 Å². The lowest BCUT2D eigenvalue weighted by atomic mass is 9.92. The number of amides is 3. The molecule has 0 saturated heterocycles. The van der Waals surface area contributed by atoms with Crippen LogP contribution in [0.2, 0.25) is 0 Å². The Morgan fingerprint density at radius 2 is 1.56 bits per heavy atom. The van der Waals surface area contributed by atoms with Crippen LogP contribution < -0.4 is 0 Å². The van der Waals surface area contributed by atoms with E-state index >= 15 is 0 Å². The second kappa shape index (κ2) is 10.4. The minimum Gasteiger partial charge on any atom is -0.466 e. The molecule has 3 rings (SSSR count). The van der Waals surface area contributed by atoms with Crippen molar-refractivity contribution in [3.63, 3.8) is 0 Å². The van der Waals surface area contributed by atoms with E-state index in [4.69, 9.17) is 4.74 Å². The van der Waals surface area contributed by atoms with Crippen molar-refractivity contribution in [2.24, 2.45) is 0 Å². The zero-order valence-corrected chi connectivity index (χ0v) is 18.8. The molecule has 0 radical (unpaired) electrons. The summed E-state index contributed by atoms with van der Waals surface area (Å²) in [7, 11) is 2.18. The van der Waals surface area contributed by atoms with Gasteiger partial charge in [-0.3, -0.25) is 9.69 Å². The number of hydrogen-bond acceptors (Lipinski definition) is 6. The molecule has 0 fully saturated rings. The van der Waals surface area contributed by atoms with E-state index < -0.39 is 35.6 Å². The van der Waals surface area contributed by atoms with Crippen molar-refractivity contribution in [2.45, 2.75) is 19.5 Å². The Morgan fingerprint density at radius 3 is 2.09 bits per heavy atom. The molecule has 0 aliphatic carbocycles. The third kappa shape index (κ3) is 4.48. The van der Waals surface area contributed by atoms with E-state index in [1.54, 1.807) is 61.5 Å². The number of nitrogens with zero attached hydrogens (tertiary/aromatic N) is 4. The summed E-state index contributed by atoms with van der Waals surface area (Å²) in [6, 6.07) is 15.2. The molecule has 1 aliphatic heterocycles. The largest absolute Gasteiger partial charge is 0.466 e. The molecule has 0 unspecified atom stereocenters. The van der Waals surface area contributed by atoms with Crippen LogP contribution in [0, 0.1) is 0 Å². The van der Waals surface area contributed by atoms with Crippen LogP contribution in [0.3, 0.4) is 0 Å². The first-order valence-corrected chi connectivity index (χ1v) is 10.2. The molecule has 3 amide bonds. The first-order valence-electron chi connectivity index (χ1n) is 10.2. The van der Waals surface area contributed by atoms with Crippen LogP contribution in [-0.2, 0) is 30.4 Å². The summed E-state index contributed by atoms with van der Waals surface area (Å²) in [5.41, 5.74) is 9.77. The van der Waals surface area contributed by atoms with Gasteiger partial charge in [-0.1, -0.05) is 60.7 Å². The number of allylic oxidation sites excluding steroid dienone is 1. The minimum absolute atomic E-state index is 0.0136. The maximum atomic E-state index is 13.7. The molecule has 0 saturated carbocycles. The molecule has 10 heteroatoms. The van der Waals surface area contributed by atoms with Gasteiger partial charge in [-0.05, 0) is 18.1 Å². The molecule has 2 aromatic carbocycles. The molecule has 1 atom stereocenters. The van der Waals surface area contributed by atoms with Crippen LogP contribution in [0.1, 0.15) is 24.1 Å². The third-order valence-electron chi connectivity index (χ3n) is 5.37. The summed E-state index contributed by atoms with van der Waals surface area (Å²) in [5.74, 6) is -3.25. The number of esters is 2. The van der Waals surface area contributed by atoms with Gasteiger partial charge in [-0.25, -0.2) is 19.3 Å². The van der Waals surface area contributed by atoms with Gasteiger partial charge in [-0.2, -0.15) is 4.79 Å². The Kier molecular flexibility index (Phi) is 7.35. The molecule has 0 spiro atoms. The summed E-state index contributed by atoms with van der Waals surface area (Å²) in [4.78, 5) is 56.8. The molecular formula is C24H22N4O6. The van der Waals surface area contributed by atoms with Gasteiger partial charge < -0.3 is 15.0 Å². The predicted molar refractivity (Wildman–Crippen MR) is 119 cm³/mol. The highest BCUT2D eigenvalue weighted by Gasteiger charge is 2.50. The number of hydrogen-bond donors (Lipinski definition) is 0. The van der Waals surface area contributed by atoms with E-state index in [-0.39, 0.29) is 17.8 Å². The molecule has 174 valence electrons. The fourth-order valence-corrected chi connectivity index (χ4v) is 3.71. The smallest absolute Gasteiger partial charge is 0.463 e. The summed E-state index contributed by atoms with van der Waals surface area (Å²) in [5, 5.41) is 0. The van der Waals surface area contributed by atoms with Crippen LogP contribution in [0.4, 0.5) is 4.79 Å². The molecule has 0 aromatic heterocycles. The van der Waals surface area contributed by atoms with Crippen molar-refractivity contribution in [3.05, 3.63) is 88.6 Å². The van der Waals surface area contributed by atoms with Gasteiger partial charge in [0.2, 0.25) is 0 Å². The lowest BCUT2D eigenvalue weighted by Crippen LogP contribution is -2.55. The topological polar surface area (TPSA) is 130 Å². The molecule has 34 heavy (non-hydrogen) atoms. The second-order valence-electron chi connectivity index (χ2n) is 7.27. The lowest BCUT2D eigenvalue weighted by molar-refractivity contribution is -0.142. The third-order valence-corrected chi connectivity index (χ3v) is 5.37. The van der Waals surface area contributed by atoms with Crippen LogP contribution >= 0.6 is 0 Å². The van der Waals surface area contributed by atoms with Crippen molar-refractivity contribution in [1.82, 2.24) is 9.80 Å². The molecule has 2 aromatic rings. The fourth-order valence-electron chi connectivity index (χ4n) is 3.71. The molecule has 10 nitrogen and oxygen atoms in total. The Labute approximate surface area is 195 Å². The number of rotatable bonds is 6. The van der Waals surface area contributed by atoms with Gasteiger partial charge in [0.25, 0.3) is 0 Å². The van der Waals surface area contributed by atoms with E-state index in [1.807, 2.05) is 6.07 Å². The number of methoxy groups -OCH3 is 2. The van der Waals surface area contributed by atoms with Gasteiger partial charge in [0.15, 0.2) is 0 Å². The van der Waals surface area contributed by atoms with Gasteiger partial charge >= 0.3 is 29.6 Å². The predicted octanol–water partition coefficient (Wildman–Crippen LogP) is 2.48. The molecule has 1 heterocycles. The number of ether oxygens (including phenoxy) is 2. The fraction of sp³-hybridized carbons (Fsp3) is 0.208. The Balaban J connectivity index is 2.26. The minimum atomic E-state index is -1.25. The maximum Gasteiger partial charge on any atom is 0.463 e. The van der Waals surface area contributed by atoms with E-state index in [2.05, 4.69) is 9.53 Å². The highest BCUT2D eigenvalue weighted by atomic mass is 16.5. The summed E-state index contributed by atoms with van der Waals surface area (Å²) in [6.07, 6.45) is 0. The SMILES string of the molecule is COC(=O)C(=[N+]=[N-])C(=O)N1C(=O)N(Cc2ccccc2)C(C)=C(C(=O)OC)[C@@H]1c1ccccc1. The molecule has 1 aliphatic rings.